The lowest BCUT2D eigenvalue weighted by molar-refractivity contribution is -0.124. The van der Waals surface area contributed by atoms with E-state index in [9.17, 15) is 18.3 Å². The van der Waals surface area contributed by atoms with Gasteiger partial charge in [-0.1, -0.05) is 41.9 Å². The van der Waals surface area contributed by atoms with Crippen LogP contribution in [-0.2, 0) is 14.8 Å². The average Bonchev–Trinajstić information content (AvgIpc) is 3.39. The summed E-state index contributed by atoms with van der Waals surface area (Å²) in [5.74, 6) is 0.423. The van der Waals surface area contributed by atoms with Gasteiger partial charge in [0.15, 0.2) is 0 Å². The number of halogens is 1. The molecule has 0 bridgehead atoms. The van der Waals surface area contributed by atoms with Gasteiger partial charge in [0, 0.05) is 24.5 Å². The van der Waals surface area contributed by atoms with Crippen LogP contribution in [0.4, 0.5) is 0 Å². The summed E-state index contributed by atoms with van der Waals surface area (Å²) in [6.45, 7) is 0.402. The van der Waals surface area contributed by atoms with Crippen molar-refractivity contribution >= 4 is 27.5 Å². The fraction of sp³-hybridized carbons (Fsp3) is 0.381. The maximum atomic E-state index is 13.0. The molecule has 4 rings (SSSR count). The summed E-state index contributed by atoms with van der Waals surface area (Å²) in [5.41, 5.74) is 1.26. The number of aliphatic hydroxyl groups is 1. The van der Waals surface area contributed by atoms with Crippen LogP contribution in [0.25, 0.3) is 0 Å². The van der Waals surface area contributed by atoms with Gasteiger partial charge in [0.25, 0.3) is 0 Å². The van der Waals surface area contributed by atoms with Crippen molar-refractivity contribution < 1.29 is 18.3 Å². The summed E-state index contributed by atoms with van der Waals surface area (Å²) in [6, 6.07) is 15.0. The lowest BCUT2D eigenvalue weighted by Gasteiger charge is -2.23. The third-order valence-electron chi connectivity index (χ3n) is 5.65. The Bertz CT molecular complexity index is 982. The SMILES string of the molecule is O=C(NC[C@H]1C[C@@H]1c1ccccc1)C1CC(O)CN1S(=O)(=O)c1ccc(Cl)cc1. The van der Waals surface area contributed by atoms with E-state index in [1.54, 1.807) is 0 Å². The first kappa shape index (κ1) is 20.3. The minimum Gasteiger partial charge on any atom is -0.392 e. The normalized spacial score (nSPS) is 27.0. The molecule has 8 heteroatoms. The van der Waals surface area contributed by atoms with Gasteiger partial charge in [0.2, 0.25) is 15.9 Å². The molecule has 2 unspecified atom stereocenters. The molecule has 1 saturated carbocycles. The summed E-state index contributed by atoms with van der Waals surface area (Å²) in [7, 11) is -3.91. The molecule has 1 aliphatic carbocycles. The first-order valence-corrected chi connectivity index (χ1v) is 11.5. The van der Waals surface area contributed by atoms with Crippen LogP contribution in [0.5, 0.6) is 0 Å². The van der Waals surface area contributed by atoms with Gasteiger partial charge in [-0.15, -0.1) is 0 Å². The first-order valence-electron chi connectivity index (χ1n) is 9.64. The second-order valence-electron chi connectivity index (χ2n) is 7.69. The highest BCUT2D eigenvalue weighted by molar-refractivity contribution is 7.89. The van der Waals surface area contributed by atoms with Crippen LogP contribution < -0.4 is 5.32 Å². The quantitative estimate of drug-likeness (QED) is 0.730. The van der Waals surface area contributed by atoms with Crippen LogP contribution in [0.15, 0.2) is 59.5 Å². The molecule has 2 aromatic carbocycles. The highest BCUT2D eigenvalue weighted by atomic mass is 35.5. The monoisotopic (exact) mass is 434 g/mol. The van der Waals surface area contributed by atoms with E-state index in [1.165, 1.54) is 29.8 Å². The van der Waals surface area contributed by atoms with Crippen molar-refractivity contribution in [3.63, 3.8) is 0 Å². The van der Waals surface area contributed by atoms with Crippen molar-refractivity contribution in [3.8, 4) is 0 Å². The van der Waals surface area contributed by atoms with E-state index in [2.05, 4.69) is 17.4 Å². The Morgan fingerprint density at radius 3 is 2.48 bits per heavy atom. The van der Waals surface area contributed by atoms with E-state index in [0.29, 0.717) is 23.4 Å². The van der Waals surface area contributed by atoms with Crippen molar-refractivity contribution in [1.82, 2.24) is 9.62 Å². The van der Waals surface area contributed by atoms with Gasteiger partial charge in [-0.3, -0.25) is 4.79 Å². The maximum Gasteiger partial charge on any atom is 0.243 e. The van der Waals surface area contributed by atoms with Crippen molar-refractivity contribution in [3.05, 3.63) is 65.2 Å². The van der Waals surface area contributed by atoms with Crippen LogP contribution in [-0.4, -0.2) is 49.0 Å². The zero-order valence-electron chi connectivity index (χ0n) is 15.7. The van der Waals surface area contributed by atoms with Gasteiger partial charge < -0.3 is 10.4 Å². The van der Waals surface area contributed by atoms with Crippen molar-refractivity contribution in [2.45, 2.75) is 35.8 Å². The Morgan fingerprint density at radius 2 is 1.79 bits per heavy atom. The lowest BCUT2D eigenvalue weighted by Crippen LogP contribution is -2.46. The largest absolute Gasteiger partial charge is 0.392 e. The Balaban J connectivity index is 1.41. The predicted molar refractivity (Wildman–Crippen MR) is 110 cm³/mol. The number of benzene rings is 2. The highest BCUT2D eigenvalue weighted by Crippen LogP contribution is 2.46. The Hall–Kier alpha value is -1.93. The van der Waals surface area contributed by atoms with Crippen LogP contribution in [0.3, 0.4) is 0 Å². The molecule has 154 valence electrons. The number of aliphatic hydroxyl groups excluding tert-OH is 1. The molecule has 0 spiro atoms. The van der Waals surface area contributed by atoms with E-state index in [0.717, 1.165) is 10.7 Å². The molecule has 2 N–H and O–H groups in total. The Labute approximate surface area is 175 Å². The molecule has 0 aromatic heterocycles. The molecule has 1 heterocycles. The van der Waals surface area contributed by atoms with Gasteiger partial charge in [-0.2, -0.15) is 4.31 Å². The van der Waals surface area contributed by atoms with E-state index < -0.39 is 22.2 Å². The van der Waals surface area contributed by atoms with E-state index in [-0.39, 0.29) is 23.8 Å². The van der Waals surface area contributed by atoms with Crippen LogP contribution in [0.1, 0.15) is 24.3 Å². The summed E-state index contributed by atoms with van der Waals surface area (Å²) in [5, 5.41) is 13.4. The molecule has 4 atom stereocenters. The van der Waals surface area contributed by atoms with Crippen LogP contribution in [0, 0.1) is 5.92 Å². The molecule has 2 fully saturated rings. The number of rotatable bonds is 6. The molecule has 0 radical (unpaired) electrons. The number of hydrogen-bond acceptors (Lipinski definition) is 4. The summed E-state index contributed by atoms with van der Waals surface area (Å²) >= 11 is 5.84. The lowest BCUT2D eigenvalue weighted by atomic mass is 10.1. The fourth-order valence-corrected chi connectivity index (χ4v) is 5.72. The molecule has 1 aliphatic heterocycles. The number of hydrogen-bond donors (Lipinski definition) is 2. The van der Waals surface area contributed by atoms with Gasteiger partial charge in [-0.25, -0.2) is 8.42 Å². The number of nitrogens with zero attached hydrogens (tertiary/aromatic N) is 1. The number of carbonyl (C=O) groups excluding carboxylic acids is 1. The minimum absolute atomic E-state index is 0.0557. The highest BCUT2D eigenvalue weighted by Gasteiger charge is 2.44. The average molecular weight is 435 g/mol. The second kappa shape index (κ2) is 8.07. The molecule has 2 aliphatic rings. The minimum atomic E-state index is -3.91. The van der Waals surface area contributed by atoms with Crippen molar-refractivity contribution in [2.24, 2.45) is 5.92 Å². The summed E-state index contributed by atoms with van der Waals surface area (Å²) in [4.78, 5) is 12.8. The number of sulfonamides is 1. The molecule has 29 heavy (non-hydrogen) atoms. The second-order valence-corrected chi connectivity index (χ2v) is 10.0. The number of β-amino-alcohol motifs (C(OH)–C–C–N with tert-alkyl or cyclic N) is 1. The predicted octanol–water partition coefficient (Wildman–Crippen LogP) is 2.38. The van der Waals surface area contributed by atoms with Gasteiger partial charge >= 0.3 is 0 Å². The molecular formula is C21H23ClN2O4S. The van der Waals surface area contributed by atoms with Crippen molar-refractivity contribution in [2.75, 3.05) is 13.1 Å². The Kier molecular flexibility index (Phi) is 5.66. The van der Waals surface area contributed by atoms with Gasteiger partial charge in [0.1, 0.15) is 6.04 Å². The van der Waals surface area contributed by atoms with E-state index in [4.69, 9.17) is 11.6 Å². The number of amides is 1. The number of nitrogens with one attached hydrogen (secondary N) is 1. The maximum absolute atomic E-state index is 13.0. The van der Waals surface area contributed by atoms with Gasteiger partial charge in [0.05, 0.1) is 11.0 Å². The van der Waals surface area contributed by atoms with E-state index in [1.807, 2.05) is 18.2 Å². The first-order chi connectivity index (χ1) is 13.9. The molecule has 1 saturated heterocycles. The topological polar surface area (TPSA) is 86.7 Å². The smallest absolute Gasteiger partial charge is 0.243 e. The third kappa shape index (κ3) is 4.33. The molecule has 2 aromatic rings. The summed E-state index contributed by atoms with van der Waals surface area (Å²) in [6.07, 6.45) is 0.223. The number of carbonyl (C=O) groups is 1. The summed E-state index contributed by atoms with van der Waals surface area (Å²) < 4.78 is 27.1. The Morgan fingerprint density at radius 1 is 1.10 bits per heavy atom. The molecule has 6 nitrogen and oxygen atoms in total. The van der Waals surface area contributed by atoms with Crippen LogP contribution >= 0.6 is 11.6 Å². The molecule has 1 amide bonds. The zero-order valence-corrected chi connectivity index (χ0v) is 17.3. The molecular weight excluding hydrogens is 412 g/mol. The van der Waals surface area contributed by atoms with E-state index >= 15 is 0 Å². The zero-order chi connectivity index (χ0) is 20.6. The van der Waals surface area contributed by atoms with Gasteiger partial charge in [-0.05, 0) is 48.1 Å². The van der Waals surface area contributed by atoms with Crippen molar-refractivity contribution in [1.29, 1.82) is 0 Å². The third-order valence-corrected chi connectivity index (χ3v) is 7.79. The van der Waals surface area contributed by atoms with Crippen LogP contribution in [0.2, 0.25) is 5.02 Å². The fourth-order valence-electron chi connectivity index (χ4n) is 3.96. The standard InChI is InChI=1S/C21H23ClN2O4S/c22-16-6-8-18(9-7-16)29(27,28)24-13-17(25)11-20(24)21(26)23-12-15-10-19(15)14-4-2-1-3-5-14/h1-9,15,17,19-20,25H,10-13H2,(H,23,26)/t15-,17?,19-,20?/m1/s1.